The van der Waals surface area contributed by atoms with Crippen LogP contribution in [0.5, 0.6) is 0 Å². The number of amides is 1. The van der Waals surface area contributed by atoms with Crippen molar-refractivity contribution in [1.82, 2.24) is 29.5 Å². The number of anilines is 2. The highest BCUT2D eigenvalue weighted by molar-refractivity contribution is 5.81. The maximum absolute atomic E-state index is 13.9. The Balaban J connectivity index is 1.38. The second-order valence-electron chi connectivity index (χ2n) is 10.0. The Kier molecular flexibility index (Phi) is 6.65. The number of benzene rings is 1. The van der Waals surface area contributed by atoms with E-state index in [2.05, 4.69) is 44.5 Å². The van der Waals surface area contributed by atoms with Crippen molar-refractivity contribution in [3.8, 4) is 0 Å². The summed E-state index contributed by atoms with van der Waals surface area (Å²) in [5, 5.41) is 6.18. The van der Waals surface area contributed by atoms with Gasteiger partial charge in [-0.1, -0.05) is 30.3 Å². The molecule has 37 heavy (non-hydrogen) atoms. The minimum Gasteiger partial charge on any atom is -0.333 e. The van der Waals surface area contributed by atoms with E-state index in [0.29, 0.717) is 18.7 Å². The average Bonchev–Trinajstić information content (AvgIpc) is 3.24. The molecule has 0 unspecified atom stereocenters. The van der Waals surface area contributed by atoms with E-state index in [0.717, 1.165) is 35.3 Å². The van der Waals surface area contributed by atoms with Gasteiger partial charge < -0.3 is 15.1 Å². The monoisotopic (exact) mass is 513 g/mol. The first-order chi connectivity index (χ1) is 17.6. The molecular weight excluding hydrogens is 483 g/mol. The van der Waals surface area contributed by atoms with Crippen LogP contribution >= 0.6 is 0 Å². The van der Waals surface area contributed by atoms with E-state index < -0.39 is 11.9 Å². The van der Waals surface area contributed by atoms with E-state index in [1.807, 2.05) is 30.0 Å². The molecule has 3 aromatic rings. The number of hydrogen-bond acceptors (Lipinski definition) is 6. The molecule has 2 aromatic heterocycles. The number of carbonyl (C=O) groups excluding carboxylic acids is 1. The van der Waals surface area contributed by atoms with Gasteiger partial charge in [-0.15, -0.1) is 0 Å². The van der Waals surface area contributed by atoms with E-state index in [-0.39, 0.29) is 35.4 Å². The van der Waals surface area contributed by atoms with Crippen LogP contribution in [0.1, 0.15) is 41.8 Å². The predicted molar refractivity (Wildman–Crippen MR) is 132 cm³/mol. The maximum Gasteiger partial charge on any atom is 0.437 e. The lowest BCUT2D eigenvalue weighted by atomic mass is 9.79. The first-order valence-electron chi connectivity index (χ1n) is 12.4. The normalized spacial score (nSPS) is 22.5. The zero-order valence-corrected chi connectivity index (χ0v) is 21.0. The Morgan fingerprint density at radius 2 is 1.92 bits per heavy atom. The molecule has 1 aromatic carbocycles. The Morgan fingerprint density at radius 1 is 1.16 bits per heavy atom. The molecule has 5 rings (SSSR count). The van der Waals surface area contributed by atoms with Crippen LogP contribution in [0.2, 0.25) is 0 Å². The van der Waals surface area contributed by atoms with Crippen LogP contribution in [0.4, 0.5) is 24.8 Å². The quantitative estimate of drug-likeness (QED) is 0.569. The number of carbonyl (C=O) groups is 1. The fourth-order valence-electron chi connectivity index (χ4n) is 5.42. The number of piperidine rings is 1. The van der Waals surface area contributed by atoms with Crippen LogP contribution in [-0.4, -0.2) is 61.6 Å². The topological polar surface area (TPSA) is 79.2 Å². The molecule has 196 valence electrons. The van der Waals surface area contributed by atoms with Gasteiger partial charge in [0.15, 0.2) is 5.69 Å². The molecule has 0 radical (unpaired) electrons. The summed E-state index contributed by atoms with van der Waals surface area (Å²) in [5.74, 6) is 0.0855. The minimum atomic E-state index is -4.61. The Hall–Kier alpha value is -3.47. The van der Waals surface area contributed by atoms with Gasteiger partial charge in [-0.3, -0.25) is 9.48 Å². The number of aromatic nitrogens is 4. The van der Waals surface area contributed by atoms with Gasteiger partial charge in [-0.25, -0.2) is 9.97 Å². The molecule has 4 heterocycles. The molecule has 2 aliphatic rings. The molecule has 3 atom stereocenters. The van der Waals surface area contributed by atoms with Crippen LogP contribution in [0, 0.1) is 5.92 Å². The number of likely N-dealkylation sites (N-methyl/N-ethyl adjacent to an activating group) is 1. The van der Waals surface area contributed by atoms with Gasteiger partial charge in [0, 0.05) is 43.9 Å². The molecule has 0 aliphatic carbocycles. The van der Waals surface area contributed by atoms with Gasteiger partial charge in [-0.05, 0) is 44.5 Å². The molecular formula is C26H30F3N7O. The highest BCUT2D eigenvalue weighted by Gasteiger charge is 2.40. The highest BCUT2D eigenvalue weighted by Crippen LogP contribution is 2.36. The van der Waals surface area contributed by atoms with E-state index in [1.54, 1.807) is 6.20 Å². The largest absolute Gasteiger partial charge is 0.437 e. The van der Waals surface area contributed by atoms with Crippen LogP contribution in [0.25, 0.3) is 0 Å². The summed E-state index contributed by atoms with van der Waals surface area (Å²) in [4.78, 5) is 26.8. The van der Waals surface area contributed by atoms with E-state index in [9.17, 15) is 18.0 Å². The molecule has 8 nitrogen and oxygen atoms in total. The van der Waals surface area contributed by atoms with Crippen molar-refractivity contribution in [3.05, 3.63) is 65.2 Å². The number of aryl methyl sites for hydroxylation is 1. The Labute approximate surface area is 213 Å². The van der Waals surface area contributed by atoms with Crippen molar-refractivity contribution in [2.75, 3.05) is 25.5 Å². The summed E-state index contributed by atoms with van der Waals surface area (Å²) in [6, 6.07) is 10.1. The smallest absolute Gasteiger partial charge is 0.333 e. The molecule has 0 bridgehead atoms. The van der Waals surface area contributed by atoms with Crippen molar-refractivity contribution in [2.24, 2.45) is 13.0 Å². The molecule has 11 heteroatoms. The van der Waals surface area contributed by atoms with Gasteiger partial charge >= 0.3 is 6.18 Å². The molecule has 0 spiro atoms. The molecule has 1 saturated heterocycles. The van der Waals surface area contributed by atoms with Crippen molar-refractivity contribution >= 4 is 17.5 Å². The Bertz CT molecular complexity index is 1280. The zero-order chi connectivity index (χ0) is 26.3. The van der Waals surface area contributed by atoms with Gasteiger partial charge in [0.25, 0.3) is 0 Å². The number of likely N-dealkylation sites (tertiary alicyclic amines) is 1. The summed E-state index contributed by atoms with van der Waals surface area (Å²) >= 11 is 0. The standard InChI is InChI=1S/C26H30F3N7O/c1-16-11-18-12-30-25(32-22-14-35(3)33-23(22)26(27,28)29)31-21(18)15-36(16)24(37)19-9-10-34(2)13-20(19)17-7-5-4-6-8-17/h4-8,12,14,16,19-20H,9-11,13,15H2,1-3H3,(H,30,31,32)/t16-,19+,20-/m1/s1. The van der Waals surface area contributed by atoms with E-state index >= 15 is 0 Å². The number of alkyl halides is 3. The number of nitrogens with one attached hydrogen (secondary N) is 1. The zero-order valence-electron chi connectivity index (χ0n) is 21.0. The lowest BCUT2D eigenvalue weighted by Gasteiger charge is -2.42. The summed E-state index contributed by atoms with van der Waals surface area (Å²) in [6.07, 6.45) is -0.379. The molecule has 2 aliphatic heterocycles. The lowest BCUT2D eigenvalue weighted by Crippen LogP contribution is -2.50. The van der Waals surface area contributed by atoms with Crippen LogP contribution < -0.4 is 5.32 Å². The number of fused-ring (bicyclic) bond motifs is 1. The van der Waals surface area contributed by atoms with Gasteiger partial charge in [0.1, 0.15) is 0 Å². The first-order valence-corrected chi connectivity index (χ1v) is 12.4. The Morgan fingerprint density at radius 3 is 2.65 bits per heavy atom. The molecule has 1 fully saturated rings. The molecule has 1 amide bonds. The van der Waals surface area contributed by atoms with E-state index in [4.69, 9.17) is 0 Å². The third kappa shape index (κ3) is 5.18. The second kappa shape index (κ2) is 9.77. The van der Waals surface area contributed by atoms with E-state index in [1.165, 1.54) is 13.2 Å². The van der Waals surface area contributed by atoms with Crippen LogP contribution in [0.3, 0.4) is 0 Å². The molecule has 0 saturated carbocycles. The van der Waals surface area contributed by atoms with Gasteiger partial charge in [0.2, 0.25) is 11.9 Å². The lowest BCUT2D eigenvalue weighted by molar-refractivity contribution is -0.141. The highest BCUT2D eigenvalue weighted by atomic mass is 19.4. The number of hydrogen-bond donors (Lipinski definition) is 1. The first kappa shape index (κ1) is 25.2. The summed E-state index contributed by atoms with van der Waals surface area (Å²) in [7, 11) is 3.50. The SMILES string of the molecule is C[C@@H]1Cc2cnc(Nc3cn(C)nc3C(F)(F)F)nc2CN1C(=O)[C@H]1CCN(C)C[C@@H]1c1ccccc1. The fourth-order valence-corrected chi connectivity index (χ4v) is 5.42. The summed E-state index contributed by atoms with van der Waals surface area (Å²) in [6.45, 7) is 3.97. The van der Waals surface area contributed by atoms with Crippen molar-refractivity contribution in [3.63, 3.8) is 0 Å². The average molecular weight is 514 g/mol. The predicted octanol–water partition coefficient (Wildman–Crippen LogP) is 3.98. The van der Waals surface area contributed by atoms with Crippen LogP contribution in [-0.2, 0) is 31.0 Å². The van der Waals surface area contributed by atoms with Crippen molar-refractivity contribution in [2.45, 2.75) is 44.4 Å². The second-order valence-corrected chi connectivity index (χ2v) is 10.0. The van der Waals surface area contributed by atoms with Crippen LogP contribution in [0.15, 0.2) is 42.7 Å². The van der Waals surface area contributed by atoms with Crippen molar-refractivity contribution < 1.29 is 18.0 Å². The molecule has 1 N–H and O–H groups in total. The third-order valence-electron chi connectivity index (χ3n) is 7.31. The summed E-state index contributed by atoms with van der Waals surface area (Å²) < 4.78 is 41.2. The van der Waals surface area contributed by atoms with Gasteiger partial charge in [0.05, 0.1) is 17.9 Å². The van der Waals surface area contributed by atoms with Crippen molar-refractivity contribution in [1.29, 1.82) is 0 Å². The number of nitrogens with zero attached hydrogens (tertiary/aromatic N) is 6. The number of halogens is 3. The minimum absolute atomic E-state index is 0.0337. The maximum atomic E-state index is 13.9. The number of rotatable bonds is 4. The third-order valence-corrected chi connectivity index (χ3v) is 7.31. The summed E-state index contributed by atoms with van der Waals surface area (Å²) in [5.41, 5.74) is 1.45. The van der Waals surface area contributed by atoms with Gasteiger partial charge in [-0.2, -0.15) is 18.3 Å². The fraction of sp³-hybridized carbons (Fsp3) is 0.462.